The smallest absolute Gasteiger partial charge is 0.314 e. The minimum atomic E-state index is -0.370. The normalized spacial score (nSPS) is 31.8. The summed E-state index contributed by atoms with van der Waals surface area (Å²) in [6, 6.07) is 0. The highest BCUT2D eigenvalue weighted by atomic mass is 16.5. The zero-order chi connectivity index (χ0) is 10.6. The Bertz CT molecular complexity index is 203. The summed E-state index contributed by atoms with van der Waals surface area (Å²) >= 11 is 0. The van der Waals surface area contributed by atoms with E-state index in [1.807, 2.05) is 13.8 Å². The second kappa shape index (κ2) is 4.78. The molecule has 0 N–H and O–H groups in total. The molecule has 82 valence electrons. The molecule has 2 atom stereocenters. The van der Waals surface area contributed by atoms with Gasteiger partial charge in [0.25, 0.3) is 0 Å². The topological polar surface area (TPSA) is 35.5 Å². The molecule has 1 aliphatic carbocycles. The third kappa shape index (κ3) is 1.78. The predicted octanol–water partition coefficient (Wildman–Crippen LogP) is 2.14. The van der Waals surface area contributed by atoms with Gasteiger partial charge in [-0.2, -0.15) is 0 Å². The van der Waals surface area contributed by atoms with Gasteiger partial charge in [0.2, 0.25) is 0 Å². The summed E-state index contributed by atoms with van der Waals surface area (Å²) in [4.78, 5) is 11.8. The van der Waals surface area contributed by atoms with Crippen molar-refractivity contribution in [2.24, 2.45) is 5.41 Å². The Kier molecular flexibility index (Phi) is 3.93. The molecule has 2 unspecified atom stereocenters. The first kappa shape index (κ1) is 11.5. The molecule has 0 radical (unpaired) electrons. The molecule has 0 aliphatic heterocycles. The number of rotatable bonds is 4. The second-order valence-corrected chi connectivity index (χ2v) is 3.84. The van der Waals surface area contributed by atoms with Gasteiger partial charge in [0.05, 0.1) is 18.6 Å². The fraction of sp³-hybridized carbons (Fsp3) is 0.909. The van der Waals surface area contributed by atoms with E-state index >= 15 is 0 Å². The minimum Gasteiger partial charge on any atom is -0.469 e. The van der Waals surface area contributed by atoms with Gasteiger partial charge in [0, 0.05) is 6.61 Å². The van der Waals surface area contributed by atoms with Gasteiger partial charge in [0.15, 0.2) is 0 Å². The lowest BCUT2D eigenvalue weighted by Crippen LogP contribution is -2.40. The van der Waals surface area contributed by atoms with Crippen LogP contribution < -0.4 is 0 Å². The van der Waals surface area contributed by atoms with E-state index in [9.17, 15) is 4.79 Å². The van der Waals surface area contributed by atoms with Crippen LogP contribution in [-0.4, -0.2) is 25.8 Å². The number of ether oxygens (including phenoxy) is 2. The maximum absolute atomic E-state index is 11.8. The average molecular weight is 200 g/mol. The highest BCUT2D eigenvalue weighted by Crippen LogP contribution is 2.43. The number of hydrogen-bond donors (Lipinski definition) is 0. The van der Waals surface area contributed by atoms with E-state index in [-0.39, 0.29) is 17.5 Å². The fourth-order valence-corrected chi connectivity index (χ4v) is 2.47. The first-order chi connectivity index (χ1) is 6.71. The zero-order valence-electron chi connectivity index (χ0n) is 9.34. The van der Waals surface area contributed by atoms with E-state index in [2.05, 4.69) is 0 Å². The van der Waals surface area contributed by atoms with Gasteiger partial charge in [-0.05, 0) is 32.6 Å². The molecule has 0 amide bonds. The van der Waals surface area contributed by atoms with E-state index in [0.717, 1.165) is 25.7 Å². The van der Waals surface area contributed by atoms with Crippen LogP contribution in [-0.2, 0) is 14.3 Å². The number of hydrogen-bond acceptors (Lipinski definition) is 3. The highest BCUT2D eigenvalue weighted by Gasteiger charge is 2.49. The largest absolute Gasteiger partial charge is 0.469 e. The lowest BCUT2D eigenvalue weighted by Gasteiger charge is -2.31. The molecule has 14 heavy (non-hydrogen) atoms. The molecule has 0 aromatic rings. The van der Waals surface area contributed by atoms with Gasteiger partial charge >= 0.3 is 5.97 Å². The molecule has 3 nitrogen and oxygen atoms in total. The quantitative estimate of drug-likeness (QED) is 0.652. The van der Waals surface area contributed by atoms with Crippen molar-refractivity contribution in [3.63, 3.8) is 0 Å². The highest BCUT2D eigenvalue weighted by molar-refractivity contribution is 5.77. The summed E-state index contributed by atoms with van der Waals surface area (Å²) in [5.41, 5.74) is -0.370. The second-order valence-electron chi connectivity index (χ2n) is 3.84. The van der Waals surface area contributed by atoms with Gasteiger partial charge in [0.1, 0.15) is 0 Å². The van der Waals surface area contributed by atoms with E-state index in [1.54, 1.807) is 0 Å². The number of methoxy groups -OCH3 is 1. The van der Waals surface area contributed by atoms with Crippen LogP contribution in [0.3, 0.4) is 0 Å². The first-order valence-electron chi connectivity index (χ1n) is 5.41. The van der Waals surface area contributed by atoms with Gasteiger partial charge < -0.3 is 9.47 Å². The van der Waals surface area contributed by atoms with Crippen molar-refractivity contribution in [2.45, 2.75) is 45.6 Å². The average Bonchev–Trinajstić information content (AvgIpc) is 2.62. The maximum Gasteiger partial charge on any atom is 0.314 e. The fourth-order valence-electron chi connectivity index (χ4n) is 2.47. The Morgan fingerprint density at radius 3 is 2.71 bits per heavy atom. The van der Waals surface area contributed by atoms with Crippen LogP contribution in [0, 0.1) is 5.41 Å². The van der Waals surface area contributed by atoms with E-state index in [1.165, 1.54) is 7.11 Å². The monoisotopic (exact) mass is 200 g/mol. The Hall–Kier alpha value is -0.570. The maximum atomic E-state index is 11.8. The van der Waals surface area contributed by atoms with Gasteiger partial charge in [-0.15, -0.1) is 0 Å². The van der Waals surface area contributed by atoms with Crippen molar-refractivity contribution in [3.05, 3.63) is 0 Å². The third-order valence-corrected chi connectivity index (χ3v) is 3.30. The number of esters is 1. The van der Waals surface area contributed by atoms with Crippen LogP contribution in [0.2, 0.25) is 0 Å². The molecule has 0 saturated heterocycles. The number of carbonyl (C=O) groups excluding carboxylic acids is 1. The summed E-state index contributed by atoms with van der Waals surface area (Å²) < 4.78 is 10.5. The van der Waals surface area contributed by atoms with Crippen LogP contribution in [0.1, 0.15) is 39.5 Å². The molecular formula is C11H20O3. The lowest BCUT2D eigenvalue weighted by molar-refractivity contribution is -0.161. The van der Waals surface area contributed by atoms with Crippen LogP contribution in [0.15, 0.2) is 0 Å². The Labute approximate surface area is 85.8 Å². The van der Waals surface area contributed by atoms with E-state index in [0.29, 0.717) is 6.61 Å². The van der Waals surface area contributed by atoms with Crippen molar-refractivity contribution in [1.82, 2.24) is 0 Å². The van der Waals surface area contributed by atoms with E-state index < -0.39 is 0 Å². The summed E-state index contributed by atoms with van der Waals surface area (Å²) in [5.74, 6) is -0.101. The van der Waals surface area contributed by atoms with Crippen LogP contribution in [0.25, 0.3) is 0 Å². The first-order valence-corrected chi connectivity index (χ1v) is 5.41. The van der Waals surface area contributed by atoms with Gasteiger partial charge in [-0.25, -0.2) is 0 Å². The van der Waals surface area contributed by atoms with Crippen LogP contribution in [0.4, 0.5) is 0 Å². The van der Waals surface area contributed by atoms with Gasteiger partial charge in [-0.3, -0.25) is 4.79 Å². The molecule has 0 aromatic carbocycles. The van der Waals surface area contributed by atoms with Crippen molar-refractivity contribution < 1.29 is 14.3 Å². The molecule has 1 saturated carbocycles. The molecular weight excluding hydrogens is 180 g/mol. The Morgan fingerprint density at radius 1 is 1.50 bits per heavy atom. The van der Waals surface area contributed by atoms with Crippen molar-refractivity contribution >= 4 is 5.97 Å². The van der Waals surface area contributed by atoms with Crippen molar-refractivity contribution in [1.29, 1.82) is 0 Å². The number of carbonyl (C=O) groups is 1. The predicted molar refractivity (Wildman–Crippen MR) is 54.0 cm³/mol. The molecule has 3 heteroatoms. The summed E-state index contributed by atoms with van der Waals surface area (Å²) in [5, 5.41) is 0. The SMILES string of the molecule is CCOC1CCCC1(CC)C(=O)OC. The van der Waals surface area contributed by atoms with Crippen molar-refractivity contribution in [3.8, 4) is 0 Å². The van der Waals surface area contributed by atoms with Crippen molar-refractivity contribution in [2.75, 3.05) is 13.7 Å². The summed E-state index contributed by atoms with van der Waals surface area (Å²) in [6.45, 7) is 4.67. The Morgan fingerprint density at radius 2 is 2.21 bits per heavy atom. The summed E-state index contributed by atoms with van der Waals surface area (Å²) in [7, 11) is 1.46. The molecule has 0 bridgehead atoms. The molecule has 0 aromatic heterocycles. The van der Waals surface area contributed by atoms with E-state index in [4.69, 9.17) is 9.47 Å². The van der Waals surface area contributed by atoms with Crippen LogP contribution in [0.5, 0.6) is 0 Å². The molecule has 1 aliphatic rings. The van der Waals surface area contributed by atoms with Crippen LogP contribution >= 0.6 is 0 Å². The standard InChI is InChI=1S/C11H20O3/c1-4-11(10(12)13-3)8-6-7-9(11)14-5-2/h9H,4-8H2,1-3H3. The zero-order valence-corrected chi connectivity index (χ0v) is 9.34. The minimum absolute atomic E-state index is 0.0601. The lowest BCUT2D eigenvalue weighted by atomic mass is 9.81. The molecule has 1 fully saturated rings. The molecule has 0 heterocycles. The Balaban J connectivity index is 2.79. The van der Waals surface area contributed by atoms with Gasteiger partial charge in [-0.1, -0.05) is 6.92 Å². The third-order valence-electron chi connectivity index (χ3n) is 3.30. The summed E-state index contributed by atoms with van der Waals surface area (Å²) in [6.07, 6.45) is 3.82. The molecule has 1 rings (SSSR count). The molecule has 0 spiro atoms.